The Hall–Kier alpha value is -1.35. The summed E-state index contributed by atoms with van der Waals surface area (Å²) in [6.45, 7) is 7.83. The number of carbonyl (C=O) groups is 1. The number of rotatable bonds is 7. The van der Waals surface area contributed by atoms with Crippen LogP contribution in [0.15, 0.2) is 30.3 Å². The van der Waals surface area contributed by atoms with Crippen molar-refractivity contribution in [3.05, 3.63) is 35.9 Å². The Bertz CT molecular complexity index is 460. The minimum Gasteiger partial charge on any atom is -0.466 e. The van der Waals surface area contributed by atoms with Gasteiger partial charge in [-0.1, -0.05) is 43.7 Å². The lowest BCUT2D eigenvalue weighted by Crippen LogP contribution is -2.41. The predicted octanol–water partition coefficient (Wildman–Crippen LogP) is 4.19. The summed E-state index contributed by atoms with van der Waals surface area (Å²) in [5.74, 6) is 0.000115. The van der Waals surface area contributed by atoms with E-state index in [2.05, 4.69) is 49.1 Å². The summed E-state index contributed by atoms with van der Waals surface area (Å²) in [5, 5.41) is 0. The molecule has 2 rings (SSSR count). The molecule has 3 heteroatoms. The number of nitrogens with zero attached hydrogens (tertiary/aromatic N) is 1. The van der Waals surface area contributed by atoms with Crippen molar-refractivity contribution in [2.24, 2.45) is 5.92 Å². The SMILES string of the molecule is CCC[C@H](C(=O)OCC)[C@@H]1CCCN1[C@@H](C)c1ccccc1. The fraction of sp³-hybridized carbons (Fsp3) is 0.632. The molecule has 1 aliphatic rings. The lowest BCUT2D eigenvalue weighted by Gasteiger charge is -2.35. The van der Waals surface area contributed by atoms with E-state index < -0.39 is 0 Å². The third-order valence-corrected chi connectivity index (χ3v) is 4.78. The highest BCUT2D eigenvalue weighted by atomic mass is 16.5. The summed E-state index contributed by atoms with van der Waals surface area (Å²) in [6.07, 6.45) is 4.21. The number of hydrogen-bond acceptors (Lipinski definition) is 3. The highest BCUT2D eigenvalue weighted by Crippen LogP contribution is 2.34. The van der Waals surface area contributed by atoms with Gasteiger partial charge in [0.15, 0.2) is 0 Å². The Morgan fingerprint density at radius 2 is 2.05 bits per heavy atom. The van der Waals surface area contributed by atoms with Gasteiger partial charge < -0.3 is 4.74 Å². The molecule has 122 valence electrons. The van der Waals surface area contributed by atoms with Crippen LogP contribution in [0.2, 0.25) is 0 Å². The Morgan fingerprint density at radius 1 is 1.32 bits per heavy atom. The molecule has 0 spiro atoms. The summed E-state index contributed by atoms with van der Waals surface area (Å²) in [6, 6.07) is 11.3. The Morgan fingerprint density at radius 3 is 2.68 bits per heavy atom. The van der Waals surface area contributed by atoms with E-state index in [1.807, 2.05) is 6.92 Å². The molecule has 0 radical (unpaired) electrons. The summed E-state index contributed by atoms with van der Waals surface area (Å²) < 4.78 is 5.34. The molecule has 1 aliphatic heterocycles. The molecule has 1 heterocycles. The second-order valence-corrected chi connectivity index (χ2v) is 6.18. The van der Waals surface area contributed by atoms with E-state index in [1.165, 1.54) is 12.0 Å². The first-order valence-electron chi connectivity index (χ1n) is 8.66. The van der Waals surface area contributed by atoms with Gasteiger partial charge in [-0.15, -0.1) is 0 Å². The predicted molar refractivity (Wildman–Crippen MR) is 89.6 cm³/mol. The molecular formula is C19H29NO2. The molecule has 0 aliphatic carbocycles. The molecule has 3 atom stereocenters. The zero-order valence-corrected chi connectivity index (χ0v) is 14.1. The highest BCUT2D eigenvalue weighted by molar-refractivity contribution is 5.73. The van der Waals surface area contributed by atoms with E-state index >= 15 is 0 Å². The Kier molecular flexibility index (Phi) is 6.44. The average Bonchev–Trinajstić information content (AvgIpc) is 3.02. The maximum Gasteiger partial charge on any atom is 0.310 e. The van der Waals surface area contributed by atoms with Crippen LogP contribution >= 0.6 is 0 Å². The quantitative estimate of drug-likeness (QED) is 0.707. The topological polar surface area (TPSA) is 29.5 Å². The van der Waals surface area contributed by atoms with E-state index in [1.54, 1.807) is 0 Å². The number of ether oxygens (including phenoxy) is 1. The number of hydrogen-bond donors (Lipinski definition) is 0. The zero-order valence-electron chi connectivity index (χ0n) is 14.1. The van der Waals surface area contributed by atoms with Gasteiger partial charge in [-0.3, -0.25) is 9.69 Å². The first-order valence-corrected chi connectivity index (χ1v) is 8.66. The number of likely N-dealkylation sites (tertiary alicyclic amines) is 1. The fourth-order valence-corrected chi connectivity index (χ4v) is 3.68. The van der Waals surface area contributed by atoms with Gasteiger partial charge in [0.05, 0.1) is 12.5 Å². The van der Waals surface area contributed by atoms with E-state index in [4.69, 9.17) is 4.74 Å². The van der Waals surface area contributed by atoms with Crippen LogP contribution in [0.4, 0.5) is 0 Å². The lowest BCUT2D eigenvalue weighted by molar-refractivity contribution is -0.150. The summed E-state index contributed by atoms with van der Waals surface area (Å²) >= 11 is 0. The van der Waals surface area contributed by atoms with Crippen LogP contribution in [0, 0.1) is 5.92 Å². The monoisotopic (exact) mass is 303 g/mol. The van der Waals surface area contributed by atoms with Crippen molar-refractivity contribution in [3.8, 4) is 0 Å². The van der Waals surface area contributed by atoms with Crippen LogP contribution in [0.3, 0.4) is 0 Å². The van der Waals surface area contributed by atoms with Crippen LogP contribution in [0.5, 0.6) is 0 Å². The zero-order chi connectivity index (χ0) is 15.9. The van der Waals surface area contributed by atoms with Crippen LogP contribution in [0.1, 0.15) is 58.1 Å². The molecule has 0 aromatic heterocycles. The van der Waals surface area contributed by atoms with Gasteiger partial charge in [0.25, 0.3) is 0 Å². The van der Waals surface area contributed by atoms with Crippen molar-refractivity contribution in [2.75, 3.05) is 13.2 Å². The van der Waals surface area contributed by atoms with Crippen molar-refractivity contribution in [3.63, 3.8) is 0 Å². The minimum atomic E-state index is -0.0125. The molecule has 22 heavy (non-hydrogen) atoms. The number of esters is 1. The van der Waals surface area contributed by atoms with E-state index in [0.717, 1.165) is 25.8 Å². The smallest absolute Gasteiger partial charge is 0.310 e. The van der Waals surface area contributed by atoms with Gasteiger partial charge in [0, 0.05) is 12.1 Å². The molecule has 0 bridgehead atoms. The van der Waals surface area contributed by atoms with Gasteiger partial charge in [-0.2, -0.15) is 0 Å². The minimum absolute atomic E-state index is 0.0125. The largest absolute Gasteiger partial charge is 0.466 e. The Labute approximate surface area is 134 Å². The third-order valence-electron chi connectivity index (χ3n) is 4.78. The number of benzene rings is 1. The molecule has 3 nitrogen and oxygen atoms in total. The van der Waals surface area contributed by atoms with Gasteiger partial charge >= 0.3 is 5.97 Å². The number of carbonyl (C=O) groups excluding carboxylic acids is 1. The van der Waals surface area contributed by atoms with Crippen molar-refractivity contribution in [1.82, 2.24) is 4.90 Å². The van der Waals surface area contributed by atoms with Crippen molar-refractivity contribution < 1.29 is 9.53 Å². The van der Waals surface area contributed by atoms with Crippen LogP contribution < -0.4 is 0 Å². The van der Waals surface area contributed by atoms with Crippen LogP contribution in [0.25, 0.3) is 0 Å². The van der Waals surface area contributed by atoms with Gasteiger partial charge in [-0.25, -0.2) is 0 Å². The highest BCUT2D eigenvalue weighted by Gasteiger charge is 2.38. The van der Waals surface area contributed by atoms with Crippen molar-refractivity contribution >= 4 is 5.97 Å². The van der Waals surface area contributed by atoms with Gasteiger partial charge in [-0.05, 0) is 45.2 Å². The molecule has 0 N–H and O–H groups in total. The molecule has 0 saturated carbocycles. The maximum atomic E-state index is 12.4. The normalized spacial score (nSPS) is 21.5. The average molecular weight is 303 g/mol. The van der Waals surface area contributed by atoms with E-state index in [-0.39, 0.29) is 11.9 Å². The first kappa shape index (κ1) is 17.0. The molecule has 1 aromatic rings. The van der Waals surface area contributed by atoms with Crippen molar-refractivity contribution in [2.45, 2.75) is 58.5 Å². The van der Waals surface area contributed by atoms with Gasteiger partial charge in [0.1, 0.15) is 0 Å². The fourth-order valence-electron chi connectivity index (χ4n) is 3.68. The van der Waals surface area contributed by atoms with Gasteiger partial charge in [0.2, 0.25) is 0 Å². The Balaban J connectivity index is 2.15. The molecule has 1 aromatic carbocycles. The first-order chi connectivity index (χ1) is 10.7. The standard InChI is InChI=1S/C19H29NO2/c1-4-10-17(19(21)22-5-2)18-13-9-14-20(18)15(3)16-11-7-6-8-12-16/h6-8,11-12,15,17-18H,4-5,9-10,13-14H2,1-3H3/t15-,17-,18-/m0/s1. The van der Waals surface area contributed by atoms with Crippen LogP contribution in [-0.2, 0) is 9.53 Å². The molecule has 1 fully saturated rings. The molecule has 1 saturated heterocycles. The molecule has 0 unspecified atom stereocenters. The lowest BCUT2D eigenvalue weighted by atomic mass is 9.91. The second kappa shape index (κ2) is 8.33. The van der Waals surface area contributed by atoms with E-state index in [0.29, 0.717) is 18.7 Å². The molecular weight excluding hydrogens is 274 g/mol. The summed E-state index contributed by atoms with van der Waals surface area (Å²) in [4.78, 5) is 14.9. The second-order valence-electron chi connectivity index (χ2n) is 6.18. The summed E-state index contributed by atoms with van der Waals surface area (Å²) in [7, 11) is 0. The van der Waals surface area contributed by atoms with Crippen LogP contribution in [-0.4, -0.2) is 30.1 Å². The van der Waals surface area contributed by atoms with E-state index in [9.17, 15) is 4.79 Å². The third kappa shape index (κ3) is 3.89. The summed E-state index contributed by atoms with van der Waals surface area (Å²) in [5.41, 5.74) is 1.33. The molecule has 0 amide bonds. The van der Waals surface area contributed by atoms with Crippen molar-refractivity contribution in [1.29, 1.82) is 0 Å². The maximum absolute atomic E-state index is 12.4.